The molecule has 2 N–H and O–H groups in total. The standard InChI is InChI=1S/C35H43ClN4O2/c1-3-26(27-10-6-4-7-11-27)24-40-19-16-32(38-33(35(40)42)20-25(2)39-17-8-5-9-18-39)23-37-34(41)30-13-12-29-22-31(36)15-14-28(29)21-30/h4,6-7,10-15,21-22,26,32-33,38H,2-3,5,8-9,16-20,23-24H2,1H3,(H,37,41)/t26-,32-,33-/m1/s1. The van der Waals surface area contributed by atoms with Crippen LogP contribution in [-0.2, 0) is 4.79 Å². The third kappa shape index (κ3) is 7.53. The summed E-state index contributed by atoms with van der Waals surface area (Å²) in [6, 6.07) is 21.4. The largest absolute Gasteiger partial charge is 0.375 e. The summed E-state index contributed by atoms with van der Waals surface area (Å²) in [5.74, 6) is 0.287. The Kier molecular flexibility index (Phi) is 10.2. The molecule has 2 amide bonds. The fraction of sp³-hybridized carbons (Fsp3) is 0.429. The molecule has 2 fully saturated rings. The molecule has 0 bridgehead atoms. The molecule has 2 saturated heterocycles. The number of benzene rings is 3. The van der Waals surface area contributed by atoms with Gasteiger partial charge in [-0.3, -0.25) is 9.59 Å². The number of fused-ring (bicyclic) bond motifs is 1. The van der Waals surface area contributed by atoms with Gasteiger partial charge in [0.2, 0.25) is 5.91 Å². The molecule has 0 aliphatic carbocycles. The van der Waals surface area contributed by atoms with Gasteiger partial charge in [0.25, 0.3) is 5.91 Å². The number of hydrogen-bond donors (Lipinski definition) is 2. The Balaban J connectivity index is 1.28. The lowest BCUT2D eigenvalue weighted by atomic mass is 9.95. The van der Waals surface area contributed by atoms with Crippen LogP contribution in [-0.4, -0.2) is 66.4 Å². The summed E-state index contributed by atoms with van der Waals surface area (Å²) in [5.41, 5.74) is 2.90. The van der Waals surface area contributed by atoms with Crippen molar-refractivity contribution in [1.82, 2.24) is 20.4 Å². The van der Waals surface area contributed by atoms with Crippen molar-refractivity contribution in [2.45, 2.75) is 63.5 Å². The zero-order valence-corrected chi connectivity index (χ0v) is 25.4. The molecule has 2 aliphatic heterocycles. The number of piperidine rings is 1. The molecule has 3 aromatic rings. The first kappa shape index (κ1) is 30.1. The minimum Gasteiger partial charge on any atom is -0.375 e. The summed E-state index contributed by atoms with van der Waals surface area (Å²) < 4.78 is 0. The monoisotopic (exact) mass is 586 g/mol. The predicted octanol–water partition coefficient (Wildman–Crippen LogP) is 6.37. The predicted molar refractivity (Wildman–Crippen MR) is 172 cm³/mol. The Morgan fingerprint density at radius 2 is 1.76 bits per heavy atom. The first-order chi connectivity index (χ1) is 20.4. The minimum atomic E-state index is -0.373. The summed E-state index contributed by atoms with van der Waals surface area (Å²) in [5, 5.41) is 9.41. The Hall–Kier alpha value is -3.35. The molecule has 7 heteroatoms. The summed E-state index contributed by atoms with van der Waals surface area (Å²) in [6.07, 6.45) is 5.90. The highest BCUT2D eigenvalue weighted by molar-refractivity contribution is 6.31. The van der Waals surface area contributed by atoms with Gasteiger partial charge in [0.15, 0.2) is 0 Å². The first-order valence-corrected chi connectivity index (χ1v) is 15.8. The molecule has 2 heterocycles. The molecule has 3 atom stereocenters. The highest BCUT2D eigenvalue weighted by Gasteiger charge is 2.33. The quantitative estimate of drug-likeness (QED) is 0.290. The zero-order chi connectivity index (χ0) is 29.5. The summed E-state index contributed by atoms with van der Waals surface area (Å²) in [4.78, 5) is 31.5. The molecular weight excluding hydrogens is 544 g/mol. The second kappa shape index (κ2) is 14.2. The number of amides is 2. The van der Waals surface area contributed by atoms with Crippen LogP contribution in [0.4, 0.5) is 0 Å². The Labute approximate surface area is 255 Å². The van der Waals surface area contributed by atoms with Crippen molar-refractivity contribution in [2.75, 3.05) is 32.7 Å². The van der Waals surface area contributed by atoms with Gasteiger partial charge in [0.05, 0.1) is 6.04 Å². The van der Waals surface area contributed by atoms with E-state index in [4.69, 9.17) is 11.6 Å². The van der Waals surface area contributed by atoms with Crippen molar-refractivity contribution >= 4 is 34.2 Å². The van der Waals surface area contributed by atoms with E-state index in [1.807, 2.05) is 47.4 Å². The number of carbonyl (C=O) groups excluding carboxylic acids is 2. The van der Waals surface area contributed by atoms with Crippen molar-refractivity contribution in [1.29, 1.82) is 0 Å². The summed E-state index contributed by atoms with van der Waals surface area (Å²) >= 11 is 6.12. The van der Waals surface area contributed by atoms with Gasteiger partial charge in [-0.25, -0.2) is 0 Å². The number of halogens is 1. The van der Waals surface area contributed by atoms with Gasteiger partial charge in [-0.15, -0.1) is 0 Å². The summed E-state index contributed by atoms with van der Waals surface area (Å²) in [6.45, 7) is 10.4. The third-order valence-electron chi connectivity index (χ3n) is 8.82. The summed E-state index contributed by atoms with van der Waals surface area (Å²) in [7, 11) is 0. The van der Waals surface area contributed by atoms with E-state index in [0.717, 1.165) is 42.4 Å². The zero-order valence-electron chi connectivity index (χ0n) is 24.7. The molecule has 0 radical (unpaired) electrons. The van der Waals surface area contributed by atoms with E-state index in [1.165, 1.54) is 24.8 Å². The second-order valence-corrected chi connectivity index (χ2v) is 12.2. The van der Waals surface area contributed by atoms with E-state index in [9.17, 15) is 9.59 Å². The number of nitrogens with one attached hydrogen (secondary N) is 2. The highest BCUT2D eigenvalue weighted by atomic mass is 35.5. The lowest BCUT2D eigenvalue weighted by Gasteiger charge is -2.33. The van der Waals surface area contributed by atoms with Gasteiger partial charge >= 0.3 is 0 Å². The van der Waals surface area contributed by atoms with Crippen LogP contribution < -0.4 is 10.6 Å². The first-order valence-electron chi connectivity index (χ1n) is 15.4. The smallest absolute Gasteiger partial charge is 0.251 e. The molecule has 0 aromatic heterocycles. The number of carbonyl (C=O) groups is 2. The molecule has 222 valence electrons. The maximum atomic E-state index is 14.0. The van der Waals surface area contributed by atoms with Crippen molar-refractivity contribution < 1.29 is 9.59 Å². The maximum Gasteiger partial charge on any atom is 0.251 e. The SMILES string of the molecule is C=C(C[C@H]1N[C@@H](CNC(=O)c2ccc3cc(Cl)ccc3c2)CCN(C[C@@H](CC)c2ccccc2)C1=O)N1CCCCC1. The topological polar surface area (TPSA) is 64.7 Å². The third-order valence-corrected chi connectivity index (χ3v) is 9.05. The number of likely N-dealkylation sites (tertiary alicyclic amines) is 1. The van der Waals surface area contributed by atoms with Gasteiger partial charge in [-0.05, 0) is 72.7 Å². The molecule has 0 unspecified atom stereocenters. The van der Waals surface area contributed by atoms with Crippen LogP contribution in [0.1, 0.15) is 67.3 Å². The molecule has 3 aromatic carbocycles. The minimum absolute atomic E-state index is 0.0295. The van der Waals surface area contributed by atoms with Crippen LogP contribution in [0.25, 0.3) is 10.8 Å². The van der Waals surface area contributed by atoms with Gasteiger partial charge in [0.1, 0.15) is 0 Å². The van der Waals surface area contributed by atoms with Gasteiger partial charge < -0.3 is 20.4 Å². The fourth-order valence-electron chi connectivity index (χ4n) is 6.28. The average Bonchev–Trinajstić information content (AvgIpc) is 3.17. The number of nitrogens with zero attached hydrogens (tertiary/aromatic N) is 2. The number of hydrogen-bond acceptors (Lipinski definition) is 4. The van der Waals surface area contributed by atoms with Crippen molar-refractivity contribution in [3.8, 4) is 0 Å². The lowest BCUT2D eigenvalue weighted by molar-refractivity contribution is -0.133. The van der Waals surface area contributed by atoms with Crippen LogP contribution in [0.2, 0.25) is 5.02 Å². The van der Waals surface area contributed by atoms with Gasteiger partial charge in [-0.2, -0.15) is 0 Å². The van der Waals surface area contributed by atoms with E-state index < -0.39 is 0 Å². The Bertz CT molecular complexity index is 1390. The molecule has 0 saturated carbocycles. The average molecular weight is 587 g/mol. The molecule has 6 nitrogen and oxygen atoms in total. The van der Waals surface area contributed by atoms with E-state index >= 15 is 0 Å². The van der Waals surface area contributed by atoms with Crippen LogP contribution in [0.3, 0.4) is 0 Å². The van der Waals surface area contributed by atoms with Crippen LogP contribution in [0.5, 0.6) is 0 Å². The van der Waals surface area contributed by atoms with E-state index in [1.54, 1.807) is 0 Å². The normalized spacial score (nSPS) is 20.3. The highest BCUT2D eigenvalue weighted by Crippen LogP contribution is 2.25. The van der Waals surface area contributed by atoms with Gasteiger partial charge in [-0.1, -0.05) is 67.6 Å². The molecule has 2 aliphatic rings. The number of rotatable bonds is 10. The molecule has 42 heavy (non-hydrogen) atoms. The van der Waals surface area contributed by atoms with E-state index in [-0.39, 0.29) is 29.8 Å². The van der Waals surface area contributed by atoms with Crippen molar-refractivity contribution in [3.05, 3.63) is 95.2 Å². The van der Waals surface area contributed by atoms with Crippen molar-refractivity contribution in [2.24, 2.45) is 0 Å². The second-order valence-electron chi connectivity index (χ2n) is 11.7. The lowest BCUT2D eigenvalue weighted by Crippen LogP contribution is -2.50. The van der Waals surface area contributed by atoms with Gasteiger partial charge in [0, 0.05) is 67.4 Å². The van der Waals surface area contributed by atoms with Crippen molar-refractivity contribution in [3.63, 3.8) is 0 Å². The Morgan fingerprint density at radius 3 is 2.52 bits per heavy atom. The molecule has 0 spiro atoms. The Morgan fingerprint density at radius 1 is 1.02 bits per heavy atom. The van der Waals surface area contributed by atoms with E-state index in [2.05, 4.69) is 53.3 Å². The van der Waals surface area contributed by atoms with Crippen LogP contribution in [0, 0.1) is 0 Å². The molecule has 5 rings (SSSR count). The van der Waals surface area contributed by atoms with Crippen LogP contribution in [0.15, 0.2) is 79.0 Å². The van der Waals surface area contributed by atoms with E-state index in [0.29, 0.717) is 36.6 Å². The molecular formula is C35H43ClN4O2. The van der Waals surface area contributed by atoms with Crippen LogP contribution >= 0.6 is 11.6 Å². The maximum absolute atomic E-state index is 14.0. The fourth-order valence-corrected chi connectivity index (χ4v) is 6.46.